The molecule has 25 heavy (non-hydrogen) atoms. The fourth-order valence-electron chi connectivity index (χ4n) is 3.39. The van der Waals surface area contributed by atoms with E-state index in [1.165, 1.54) is 38.6 Å². The molecule has 4 aromatic carbocycles. The van der Waals surface area contributed by atoms with Crippen molar-refractivity contribution in [2.45, 2.75) is 19.8 Å². The van der Waals surface area contributed by atoms with Gasteiger partial charge in [0.15, 0.2) is 0 Å². The number of benzene rings is 4. The van der Waals surface area contributed by atoms with Crippen molar-refractivity contribution in [1.82, 2.24) is 0 Å². The molecule has 0 saturated carbocycles. The van der Waals surface area contributed by atoms with Gasteiger partial charge in [0.05, 0.1) is 0 Å². The molecule has 0 amide bonds. The quantitative estimate of drug-likeness (QED) is 0.371. The molecule has 0 nitrogen and oxygen atoms in total. The minimum atomic E-state index is 0.561. The van der Waals surface area contributed by atoms with Gasteiger partial charge >= 0.3 is 0 Å². The lowest BCUT2D eigenvalue weighted by atomic mass is 9.92. The van der Waals surface area contributed by atoms with Crippen LogP contribution < -0.4 is 0 Å². The Kier molecular flexibility index (Phi) is 4.11. The Balaban J connectivity index is 1.91. The Morgan fingerprint density at radius 2 is 1.24 bits per heavy atom. The Labute approximate surface area is 149 Å². The first-order chi connectivity index (χ1) is 12.2. The van der Waals surface area contributed by atoms with E-state index in [-0.39, 0.29) is 0 Å². The maximum absolute atomic E-state index is 2.32. The zero-order valence-electron chi connectivity index (χ0n) is 14.7. The summed E-state index contributed by atoms with van der Waals surface area (Å²) in [6.45, 7) is 4.47. The van der Waals surface area contributed by atoms with Crippen LogP contribution in [0.25, 0.3) is 33.0 Å². The van der Waals surface area contributed by atoms with E-state index in [2.05, 4.69) is 105 Å². The molecule has 0 unspecified atom stereocenters. The standard InChI is InChI=1S/C25H22/c1-18(2)19-12-14-20(15-13-19)23-16-22-10-6-7-11-24(22)25(17-23)21-8-4-3-5-9-21/h3-18H,1-2H3. The van der Waals surface area contributed by atoms with E-state index >= 15 is 0 Å². The van der Waals surface area contributed by atoms with Crippen molar-refractivity contribution in [3.63, 3.8) is 0 Å². The molecule has 0 spiro atoms. The predicted octanol–water partition coefficient (Wildman–Crippen LogP) is 7.30. The van der Waals surface area contributed by atoms with E-state index in [4.69, 9.17) is 0 Å². The van der Waals surface area contributed by atoms with Crippen LogP contribution in [0, 0.1) is 0 Å². The molecular weight excluding hydrogens is 300 g/mol. The third-order valence-electron chi connectivity index (χ3n) is 4.86. The molecule has 0 N–H and O–H groups in total. The molecule has 4 aromatic rings. The molecule has 0 radical (unpaired) electrons. The van der Waals surface area contributed by atoms with Gasteiger partial charge in [0.2, 0.25) is 0 Å². The van der Waals surface area contributed by atoms with Crippen LogP contribution in [-0.4, -0.2) is 0 Å². The third-order valence-corrected chi connectivity index (χ3v) is 4.86. The molecule has 0 aliphatic rings. The number of rotatable bonds is 3. The predicted molar refractivity (Wildman–Crippen MR) is 109 cm³/mol. The Morgan fingerprint density at radius 3 is 1.96 bits per heavy atom. The fourth-order valence-corrected chi connectivity index (χ4v) is 3.39. The highest BCUT2D eigenvalue weighted by Crippen LogP contribution is 2.34. The average Bonchev–Trinajstić information content (AvgIpc) is 2.68. The fraction of sp³-hybridized carbons (Fsp3) is 0.120. The monoisotopic (exact) mass is 322 g/mol. The molecule has 0 bridgehead atoms. The van der Waals surface area contributed by atoms with Crippen molar-refractivity contribution in [3.8, 4) is 22.3 Å². The van der Waals surface area contributed by atoms with Gasteiger partial charge in [-0.3, -0.25) is 0 Å². The lowest BCUT2D eigenvalue weighted by Crippen LogP contribution is -1.88. The van der Waals surface area contributed by atoms with Crippen LogP contribution in [0.1, 0.15) is 25.3 Å². The molecule has 122 valence electrons. The summed E-state index contributed by atoms with van der Waals surface area (Å²) in [6, 6.07) is 32.9. The molecule has 0 aliphatic heterocycles. The summed E-state index contributed by atoms with van der Waals surface area (Å²) >= 11 is 0. The van der Waals surface area contributed by atoms with Crippen LogP contribution in [-0.2, 0) is 0 Å². The van der Waals surface area contributed by atoms with Crippen LogP contribution >= 0.6 is 0 Å². The molecule has 0 heterocycles. The summed E-state index contributed by atoms with van der Waals surface area (Å²) in [6.07, 6.45) is 0. The highest BCUT2D eigenvalue weighted by atomic mass is 14.1. The SMILES string of the molecule is CC(C)c1ccc(-c2cc(-c3ccccc3)c3ccccc3c2)cc1. The first-order valence-corrected chi connectivity index (χ1v) is 8.91. The van der Waals surface area contributed by atoms with Crippen LogP contribution in [0.4, 0.5) is 0 Å². The summed E-state index contributed by atoms with van der Waals surface area (Å²) in [7, 11) is 0. The molecule has 0 heteroatoms. The van der Waals surface area contributed by atoms with Crippen LogP contribution in [0.3, 0.4) is 0 Å². The average molecular weight is 322 g/mol. The number of hydrogen-bond donors (Lipinski definition) is 0. The summed E-state index contributed by atoms with van der Waals surface area (Å²) in [4.78, 5) is 0. The second-order valence-corrected chi connectivity index (χ2v) is 6.89. The lowest BCUT2D eigenvalue weighted by Gasteiger charge is -2.12. The molecule has 4 rings (SSSR count). The topological polar surface area (TPSA) is 0 Å². The number of hydrogen-bond acceptors (Lipinski definition) is 0. The van der Waals surface area contributed by atoms with Crippen molar-refractivity contribution in [2.24, 2.45) is 0 Å². The first-order valence-electron chi connectivity index (χ1n) is 8.91. The van der Waals surface area contributed by atoms with E-state index < -0.39 is 0 Å². The zero-order valence-corrected chi connectivity index (χ0v) is 14.7. The molecule has 0 aromatic heterocycles. The largest absolute Gasteiger partial charge is 0.0622 e. The van der Waals surface area contributed by atoms with Crippen LogP contribution in [0.15, 0.2) is 91.0 Å². The summed E-state index contributed by atoms with van der Waals surface area (Å²) < 4.78 is 0. The highest BCUT2D eigenvalue weighted by Gasteiger charge is 2.08. The maximum Gasteiger partial charge on any atom is -0.00992 e. The highest BCUT2D eigenvalue weighted by molar-refractivity contribution is 6.00. The van der Waals surface area contributed by atoms with Crippen LogP contribution in [0.5, 0.6) is 0 Å². The van der Waals surface area contributed by atoms with Gasteiger partial charge in [0.1, 0.15) is 0 Å². The van der Waals surface area contributed by atoms with E-state index in [0.29, 0.717) is 5.92 Å². The van der Waals surface area contributed by atoms with Gasteiger partial charge in [-0.05, 0) is 56.6 Å². The second-order valence-electron chi connectivity index (χ2n) is 6.89. The van der Waals surface area contributed by atoms with Crippen molar-refractivity contribution in [1.29, 1.82) is 0 Å². The Hall–Kier alpha value is -2.86. The minimum absolute atomic E-state index is 0.561. The van der Waals surface area contributed by atoms with Crippen molar-refractivity contribution >= 4 is 10.8 Å². The van der Waals surface area contributed by atoms with Gasteiger partial charge in [0.25, 0.3) is 0 Å². The van der Waals surface area contributed by atoms with Crippen molar-refractivity contribution in [2.75, 3.05) is 0 Å². The Morgan fingerprint density at radius 1 is 0.560 bits per heavy atom. The van der Waals surface area contributed by atoms with Crippen molar-refractivity contribution < 1.29 is 0 Å². The maximum atomic E-state index is 2.32. The smallest absolute Gasteiger partial charge is 0.00992 e. The summed E-state index contributed by atoms with van der Waals surface area (Å²) in [5, 5.41) is 2.59. The van der Waals surface area contributed by atoms with Gasteiger partial charge in [-0.2, -0.15) is 0 Å². The third kappa shape index (κ3) is 3.08. The summed E-state index contributed by atoms with van der Waals surface area (Å²) in [5.74, 6) is 0.561. The second kappa shape index (κ2) is 6.57. The van der Waals surface area contributed by atoms with E-state index in [0.717, 1.165) is 0 Å². The lowest BCUT2D eigenvalue weighted by molar-refractivity contribution is 0.867. The van der Waals surface area contributed by atoms with E-state index in [9.17, 15) is 0 Å². The molecule has 0 saturated heterocycles. The van der Waals surface area contributed by atoms with Gasteiger partial charge in [0, 0.05) is 0 Å². The van der Waals surface area contributed by atoms with E-state index in [1.807, 2.05) is 0 Å². The molecule has 0 atom stereocenters. The van der Waals surface area contributed by atoms with Crippen LogP contribution in [0.2, 0.25) is 0 Å². The first kappa shape index (κ1) is 15.7. The Bertz CT molecular complexity index is 993. The molecule has 0 aliphatic carbocycles. The van der Waals surface area contributed by atoms with Gasteiger partial charge < -0.3 is 0 Å². The van der Waals surface area contributed by atoms with Crippen molar-refractivity contribution in [3.05, 3.63) is 96.6 Å². The van der Waals surface area contributed by atoms with E-state index in [1.54, 1.807) is 0 Å². The normalized spacial score (nSPS) is 11.2. The summed E-state index contributed by atoms with van der Waals surface area (Å²) in [5.41, 5.74) is 6.48. The molecular formula is C25H22. The van der Waals surface area contributed by atoms with Gasteiger partial charge in [-0.1, -0.05) is 92.7 Å². The van der Waals surface area contributed by atoms with Gasteiger partial charge in [-0.25, -0.2) is 0 Å². The zero-order chi connectivity index (χ0) is 17.2. The van der Waals surface area contributed by atoms with Gasteiger partial charge in [-0.15, -0.1) is 0 Å². The number of fused-ring (bicyclic) bond motifs is 1. The molecule has 0 fully saturated rings. The minimum Gasteiger partial charge on any atom is -0.0622 e.